The van der Waals surface area contributed by atoms with Gasteiger partial charge in [0.05, 0.1) is 17.4 Å². The number of β-lactam (4-membered cyclic amide) rings is 1. The van der Waals surface area contributed by atoms with Gasteiger partial charge in [0.25, 0.3) is 0 Å². The molecule has 1 amide bonds. The molecule has 24 heavy (non-hydrogen) atoms. The lowest BCUT2D eigenvalue weighted by Gasteiger charge is -2.46. The second kappa shape index (κ2) is 6.48. The summed E-state index contributed by atoms with van der Waals surface area (Å²) in [5, 5.41) is -0.484. The lowest BCUT2D eigenvalue weighted by Crippen LogP contribution is -2.57. The summed E-state index contributed by atoms with van der Waals surface area (Å²) >= 11 is 6.38. The Balaban J connectivity index is 1.71. The molecule has 0 saturated carbocycles. The van der Waals surface area contributed by atoms with E-state index >= 15 is 0 Å². The average molecular weight is 341 g/mol. The summed E-state index contributed by atoms with van der Waals surface area (Å²) in [4.78, 5) is 16.8. The molecule has 0 unspecified atom stereocenters. The van der Waals surface area contributed by atoms with E-state index in [-0.39, 0.29) is 11.9 Å². The minimum atomic E-state index is -0.484. The Hall–Kier alpha value is -2.00. The second-order valence-electron chi connectivity index (χ2n) is 6.50. The predicted octanol–water partition coefficient (Wildman–Crippen LogP) is 4.37. The van der Waals surface area contributed by atoms with Crippen LogP contribution >= 0.6 is 11.6 Å². The average Bonchev–Trinajstić information content (AvgIpc) is 2.66. The van der Waals surface area contributed by atoms with Gasteiger partial charge in [-0.1, -0.05) is 42.5 Å². The molecule has 2 aromatic carbocycles. The number of rotatable bonds is 3. The lowest BCUT2D eigenvalue weighted by atomic mass is 9.92. The number of nitrogens with zero attached hydrogens (tertiary/aromatic N) is 2. The number of piperidine rings is 1. The first-order valence-electron chi connectivity index (χ1n) is 8.63. The van der Waals surface area contributed by atoms with Gasteiger partial charge >= 0.3 is 0 Å². The highest BCUT2D eigenvalue weighted by Gasteiger charge is 2.48. The van der Waals surface area contributed by atoms with Crippen molar-refractivity contribution < 1.29 is 4.79 Å². The molecule has 2 aromatic rings. The van der Waals surface area contributed by atoms with E-state index in [0.717, 1.165) is 30.0 Å². The Morgan fingerprint density at radius 3 is 2.17 bits per heavy atom. The fourth-order valence-electron chi connectivity index (χ4n) is 3.76. The van der Waals surface area contributed by atoms with E-state index in [4.69, 9.17) is 11.6 Å². The van der Waals surface area contributed by atoms with Crippen LogP contribution in [0.5, 0.6) is 0 Å². The molecular weight excluding hydrogens is 320 g/mol. The van der Waals surface area contributed by atoms with E-state index in [1.165, 1.54) is 19.3 Å². The van der Waals surface area contributed by atoms with E-state index in [1.807, 2.05) is 53.4 Å². The van der Waals surface area contributed by atoms with Crippen molar-refractivity contribution in [3.63, 3.8) is 0 Å². The smallest absolute Gasteiger partial charge is 0.248 e. The molecular formula is C20H21ClN2O. The molecule has 0 bridgehead atoms. The zero-order valence-electron chi connectivity index (χ0n) is 13.6. The van der Waals surface area contributed by atoms with Crippen LogP contribution in [0.1, 0.15) is 30.9 Å². The Kier molecular flexibility index (Phi) is 4.19. The van der Waals surface area contributed by atoms with Crippen molar-refractivity contribution in [1.82, 2.24) is 0 Å². The number of para-hydroxylation sites is 2. The number of carbonyl (C=O) groups is 1. The van der Waals surface area contributed by atoms with Crippen molar-refractivity contribution in [2.75, 3.05) is 22.9 Å². The highest BCUT2D eigenvalue weighted by molar-refractivity contribution is 6.37. The zero-order valence-corrected chi connectivity index (χ0v) is 14.3. The van der Waals surface area contributed by atoms with Gasteiger partial charge in [0, 0.05) is 13.1 Å². The first kappa shape index (κ1) is 15.5. The Bertz CT molecular complexity index is 727. The van der Waals surface area contributed by atoms with Crippen molar-refractivity contribution in [2.45, 2.75) is 30.7 Å². The van der Waals surface area contributed by atoms with Crippen LogP contribution in [0.2, 0.25) is 0 Å². The number of benzene rings is 2. The van der Waals surface area contributed by atoms with Gasteiger partial charge in [-0.3, -0.25) is 9.69 Å². The molecule has 0 N–H and O–H groups in total. The molecule has 4 heteroatoms. The van der Waals surface area contributed by atoms with Crippen LogP contribution in [-0.4, -0.2) is 24.4 Å². The summed E-state index contributed by atoms with van der Waals surface area (Å²) in [5.41, 5.74) is 3.22. The number of amides is 1. The summed E-state index contributed by atoms with van der Waals surface area (Å²) < 4.78 is 0. The van der Waals surface area contributed by atoms with E-state index in [1.54, 1.807) is 0 Å². The van der Waals surface area contributed by atoms with Crippen molar-refractivity contribution in [1.29, 1.82) is 0 Å². The third kappa shape index (κ3) is 2.57. The van der Waals surface area contributed by atoms with Gasteiger partial charge in [0.15, 0.2) is 0 Å². The molecule has 0 aliphatic carbocycles. The lowest BCUT2D eigenvalue weighted by molar-refractivity contribution is -0.123. The first-order chi connectivity index (χ1) is 11.8. The predicted molar refractivity (Wildman–Crippen MR) is 98.8 cm³/mol. The number of halogens is 1. The van der Waals surface area contributed by atoms with Gasteiger partial charge in [-0.2, -0.15) is 0 Å². The molecule has 124 valence electrons. The standard InChI is InChI=1S/C20H21ClN2O/c21-18-19(15-9-3-1-4-10-15)23(20(18)24)17-12-6-5-11-16(17)22-13-7-2-8-14-22/h1,3-6,9-12,18-19H,2,7-8,13-14H2/t18-,19-/m0/s1. The number of hydrogen-bond donors (Lipinski definition) is 0. The minimum absolute atomic E-state index is 0.00465. The van der Waals surface area contributed by atoms with Gasteiger partial charge in [-0.05, 0) is 37.0 Å². The normalized spacial score (nSPS) is 24.0. The summed E-state index contributed by atoms with van der Waals surface area (Å²) in [5.74, 6) is -0.00465. The third-order valence-corrected chi connectivity index (χ3v) is 5.43. The number of anilines is 2. The fourth-order valence-corrected chi connectivity index (χ4v) is 4.12. The molecule has 0 aromatic heterocycles. The SMILES string of the molecule is O=C1[C@@H](Cl)[C@H](c2ccccc2)N1c1ccccc1N1CCCCC1. The maximum Gasteiger partial charge on any atom is 0.248 e. The molecule has 4 rings (SSSR count). The Labute approximate surface area is 147 Å². The summed E-state index contributed by atoms with van der Waals surface area (Å²) in [7, 11) is 0. The van der Waals surface area contributed by atoms with Gasteiger partial charge in [-0.15, -0.1) is 11.6 Å². The highest BCUT2D eigenvalue weighted by Crippen LogP contribution is 2.45. The quantitative estimate of drug-likeness (QED) is 0.611. The highest BCUT2D eigenvalue weighted by atomic mass is 35.5. The van der Waals surface area contributed by atoms with Gasteiger partial charge < -0.3 is 4.90 Å². The molecule has 2 aliphatic heterocycles. The maximum atomic E-state index is 12.6. The molecule has 2 fully saturated rings. The van der Waals surface area contributed by atoms with E-state index in [9.17, 15) is 4.79 Å². The van der Waals surface area contributed by atoms with Crippen LogP contribution < -0.4 is 9.80 Å². The van der Waals surface area contributed by atoms with Crippen LogP contribution in [0.4, 0.5) is 11.4 Å². The van der Waals surface area contributed by atoms with Gasteiger partial charge in [-0.25, -0.2) is 0 Å². The monoisotopic (exact) mass is 340 g/mol. The number of carbonyl (C=O) groups excluding carboxylic acids is 1. The third-order valence-electron chi connectivity index (χ3n) is 5.01. The van der Waals surface area contributed by atoms with Gasteiger partial charge in [0.1, 0.15) is 5.38 Å². The van der Waals surface area contributed by atoms with Crippen molar-refractivity contribution in [3.05, 3.63) is 60.2 Å². The minimum Gasteiger partial charge on any atom is -0.370 e. The van der Waals surface area contributed by atoms with Crippen molar-refractivity contribution in [3.8, 4) is 0 Å². The first-order valence-corrected chi connectivity index (χ1v) is 9.07. The van der Waals surface area contributed by atoms with E-state index in [2.05, 4.69) is 11.0 Å². The molecule has 0 radical (unpaired) electrons. The molecule has 3 nitrogen and oxygen atoms in total. The van der Waals surface area contributed by atoms with Crippen LogP contribution in [0.15, 0.2) is 54.6 Å². The maximum absolute atomic E-state index is 12.6. The number of hydrogen-bond acceptors (Lipinski definition) is 2. The molecule has 0 spiro atoms. The van der Waals surface area contributed by atoms with E-state index < -0.39 is 5.38 Å². The summed E-state index contributed by atoms with van der Waals surface area (Å²) in [6, 6.07) is 18.2. The summed E-state index contributed by atoms with van der Waals surface area (Å²) in [6.45, 7) is 2.11. The molecule has 2 atom stereocenters. The summed E-state index contributed by atoms with van der Waals surface area (Å²) in [6.07, 6.45) is 3.71. The largest absolute Gasteiger partial charge is 0.370 e. The van der Waals surface area contributed by atoms with Gasteiger partial charge in [0.2, 0.25) is 5.91 Å². The van der Waals surface area contributed by atoms with Crippen LogP contribution in [0.3, 0.4) is 0 Å². The molecule has 2 aliphatic rings. The van der Waals surface area contributed by atoms with Crippen LogP contribution in [0.25, 0.3) is 0 Å². The topological polar surface area (TPSA) is 23.6 Å². The van der Waals surface area contributed by atoms with Crippen LogP contribution in [-0.2, 0) is 4.79 Å². The Morgan fingerprint density at radius 1 is 0.833 bits per heavy atom. The Morgan fingerprint density at radius 2 is 1.46 bits per heavy atom. The van der Waals surface area contributed by atoms with Crippen LogP contribution in [0, 0.1) is 0 Å². The fraction of sp³-hybridized carbons (Fsp3) is 0.350. The molecule has 2 heterocycles. The van der Waals surface area contributed by atoms with E-state index in [0.29, 0.717) is 0 Å². The molecule has 2 saturated heterocycles. The van der Waals surface area contributed by atoms with Crippen molar-refractivity contribution in [2.24, 2.45) is 0 Å². The zero-order chi connectivity index (χ0) is 16.5. The second-order valence-corrected chi connectivity index (χ2v) is 6.97. The number of alkyl halides is 1. The van der Waals surface area contributed by atoms with Crippen molar-refractivity contribution >= 4 is 28.9 Å².